The van der Waals surface area contributed by atoms with Crippen molar-refractivity contribution >= 4 is 10.8 Å². The molecular formula is C11H10FNO. The summed E-state index contributed by atoms with van der Waals surface area (Å²) in [6, 6.07) is 6.48. The zero-order chi connectivity index (χ0) is 9.97. The van der Waals surface area contributed by atoms with Crippen molar-refractivity contribution in [2.75, 3.05) is 7.11 Å². The van der Waals surface area contributed by atoms with Crippen molar-refractivity contribution < 1.29 is 9.13 Å². The molecule has 0 bridgehead atoms. The van der Waals surface area contributed by atoms with Gasteiger partial charge in [0, 0.05) is 18.7 Å². The molecule has 0 spiro atoms. The Balaban J connectivity index is 2.52. The fourth-order valence-corrected chi connectivity index (χ4v) is 1.38. The summed E-state index contributed by atoms with van der Waals surface area (Å²) in [4.78, 5) is 4.18. The fraction of sp³-hybridized carbons (Fsp3) is 0.182. The maximum absolute atomic E-state index is 12.9. The van der Waals surface area contributed by atoms with Crippen LogP contribution in [0.1, 0.15) is 5.69 Å². The third-order valence-electron chi connectivity index (χ3n) is 2.03. The lowest BCUT2D eigenvalue weighted by atomic mass is 10.1. The SMILES string of the molecule is COCc1cc2cc(F)ccc2cn1. The van der Waals surface area contributed by atoms with E-state index in [1.165, 1.54) is 12.1 Å². The molecule has 0 unspecified atom stereocenters. The van der Waals surface area contributed by atoms with Crippen LogP contribution >= 0.6 is 0 Å². The topological polar surface area (TPSA) is 22.1 Å². The Morgan fingerprint density at radius 3 is 2.93 bits per heavy atom. The molecule has 0 aliphatic rings. The lowest BCUT2D eigenvalue weighted by Crippen LogP contribution is -1.91. The number of fused-ring (bicyclic) bond motifs is 1. The molecule has 0 N–H and O–H groups in total. The predicted molar refractivity (Wildman–Crippen MR) is 52.4 cm³/mol. The van der Waals surface area contributed by atoms with Gasteiger partial charge in [0.1, 0.15) is 5.82 Å². The highest BCUT2D eigenvalue weighted by Gasteiger charge is 1.98. The van der Waals surface area contributed by atoms with Gasteiger partial charge in [-0.05, 0) is 29.7 Å². The lowest BCUT2D eigenvalue weighted by molar-refractivity contribution is 0.181. The van der Waals surface area contributed by atoms with E-state index in [2.05, 4.69) is 4.98 Å². The van der Waals surface area contributed by atoms with Gasteiger partial charge in [-0.1, -0.05) is 0 Å². The molecule has 2 aromatic rings. The Morgan fingerprint density at radius 1 is 1.29 bits per heavy atom. The fourth-order valence-electron chi connectivity index (χ4n) is 1.38. The molecule has 72 valence electrons. The molecule has 0 aliphatic carbocycles. The summed E-state index contributed by atoms with van der Waals surface area (Å²) in [5.74, 6) is -0.230. The molecule has 1 aromatic heterocycles. The van der Waals surface area contributed by atoms with Crippen molar-refractivity contribution in [1.29, 1.82) is 0 Å². The average molecular weight is 191 g/mol. The zero-order valence-corrected chi connectivity index (χ0v) is 7.83. The minimum atomic E-state index is -0.230. The number of aromatic nitrogens is 1. The Labute approximate surface area is 81.3 Å². The van der Waals surface area contributed by atoms with E-state index in [1.54, 1.807) is 19.4 Å². The Morgan fingerprint density at radius 2 is 2.14 bits per heavy atom. The molecule has 2 nitrogen and oxygen atoms in total. The highest BCUT2D eigenvalue weighted by molar-refractivity contribution is 5.81. The minimum Gasteiger partial charge on any atom is -0.378 e. The van der Waals surface area contributed by atoms with Gasteiger partial charge in [-0.15, -0.1) is 0 Å². The van der Waals surface area contributed by atoms with Crippen LogP contribution in [0.5, 0.6) is 0 Å². The molecule has 3 heteroatoms. The molecule has 0 saturated carbocycles. The maximum Gasteiger partial charge on any atom is 0.123 e. The number of methoxy groups -OCH3 is 1. The van der Waals surface area contributed by atoms with Crippen molar-refractivity contribution in [2.45, 2.75) is 6.61 Å². The minimum absolute atomic E-state index is 0.230. The molecular weight excluding hydrogens is 181 g/mol. The molecule has 0 radical (unpaired) electrons. The summed E-state index contributed by atoms with van der Waals surface area (Å²) >= 11 is 0. The predicted octanol–water partition coefficient (Wildman–Crippen LogP) is 2.52. The van der Waals surface area contributed by atoms with E-state index < -0.39 is 0 Å². The summed E-state index contributed by atoms with van der Waals surface area (Å²) in [5, 5.41) is 1.79. The largest absolute Gasteiger partial charge is 0.378 e. The molecule has 1 heterocycles. The molecule has 0 aliphatic heterocycles. The van der Waals surface area contributed by atoms with Gasteiger partial charge in [-0.25, -0.2) is 4.39 Å². The number of ether oxygens (including phenoxy) is 1. The second kappa shape index (κ2) is 3.72. The van der Waals surface area contributed by atoms with Crippen LogP contribution < -0.4 is 0 Å². The van der Waals surface area contributed by atoms with Crippen LogP contribution in [0.3, 0.4) is 0 Å². The quantitative estimate of drug-likeness (QED) is 0.727. The molecule has 1 aromatic carbocycles. The van der Waals surface area contributed by atoms with E-state index in [1.807, 2.05) is 6.07 Å². The van der Waals surface area contributed by atoms with Gasteiger partial charge in [-0.2, -0.15) is 0 Å². The molecule has 0 fully saturated rings. The van der Waals surface area contributed by atoms with Gasteiger partial charge < -0.3 is 4.74 Å². The van der Waals surface area contributed by atoms with Gasteiger partial charge in [0.25, 0.3) is 0 Å². The molecule has 2 rings (SSSR count). The summed E-state index contributed by atoms with van der Waals surface area (Å²) in [6.07, 6.45) is 1.73. The number of hydrogen-bond acceptors (Lipinski definition) is 2. The summed E-state index contributed by atoms with van der Waals surface area (Å²) < 4.78 is 17.9. The number of halogens is 1. The standard InChI is InChI=1S/C11H10FNO/c1-14-7-11-5-9-4-10(12)3-2-8(9)6-13-11/h2-6H,7H2,1H3. The van der Waals surface area contributed by atoms with Crippen molar-refractivity contribution in [3.8, 4) is 0 Å². The smallest absolute Gasteiger partial charge is 0.123 e. The van der Waals surface area contributed by atoms with E-state index in [-0.39, 0.29) is 5.82 Å². The van der Waals surface area contributed by atoms with Crippen LogP contribution in [0.15, 0.2) is 30.5 Å². The second-order valence-electron chi connectivity index (χ2n) is 3.10. The van der Waals surface area contributed by atoms with Gasteiger partial charge >= 0.3 is 0 Å². The van der Waals surface area contributed by atoms with Gasteiger partial charge in [0.2, 0.25) is 0 Å². The van der Waals surface area contributed by atoms with E-state index in [0.29, 0.717) is 6.61 Å². The van der Waals surface area contributed by atoms with Gasteiger partial charge in [0.15, 0.2) is 0 Å². The van der Waals surface area contributed by atoms with E-state index in [0.717, 1.165) is 16.5 Å². The number of nitrogens with zero attached hydrogens (tertiary/aromatic N) is 1. The first-order valence-corrected chi connectivity index (χ1v) is 4.33. The first-order valence-electron chi connectivity index (χ1n) is 4.33. The first-order chi connectivity index (χ1) is 6.79. The number of rotatable bonds is 2. The van der Waals surface area contributed by atoms with Crippen LogP contribution in [0.4, 0.5) is 4.39 Å². The molecule has 0 saturated heterocycles. The molecule has 0 amide bonds. The van der Waals surface area contributed by atoms with Crippen LogP contribution in [-0.4, -0.2) is 12.1 Å². The summed E-state index contributed by atoms with van der Waals surface area (Å²) in [5.41, 5.74) is 0.811. The third-order valence-corrected chi connectivity index (χ3v) is 2.03. The summed E-state index contributed by atoms with van der Waals surface area (Å²) in [6.45, 7) is 0.451. The van der Waals surface area contributed by atoms with Crippen molar-refractivity contribution in [3.05, 3.63) is 42.0 Å². The number of pyridine rings is 1. The lowest BCUT2D eigenvalue weighted by Gasteiger charge is -2.01. The van der Waals surface area contributed by atoms with Gasteiger partial charge in [-0.3, -0.25) is 4.98 Å². The molecule has 14 heavy (non-hydrogen) atoms. The summed E-state index contributed by atoms with van der Waals surface area (Å²) in [7, 11) is 1.61. The van der Waals surface area contributed by atoms with Crippen LogP contribution in [0, 0.1) is 5.82 Å². The molecule has 0 atom stereocenters. The Bertz CT molecular complexity index is 456. The van der Waals surface area contributed by atoms with Crippen LogP contribution in [-0.2, 0) is 11.3 Å². The van der Waals surface area contributed by atoms with Crippen molar-refractivity contribution in [3.63, 3.8) is 0 Å². The van der Waals surface area contributed by atoms with Crippen molar-refractivity contribution in [2.24, 2.45) is 0 Å². The number of benzene rings is 1. The highest BCUT2D eigenvalue weighted by atomic mass is 19.1. The maximum atomic E-state index is 12.9. The van der Waals surface area contributed by atoms with E-state index in [4.69, 9.17) is 4.74 Å². The second-order valence-corrected chi connectivity index (χ2v) is 3.10. The van der Waals surface area contributed by atoms with Crippen LogP contribution in [0.25, 0.3) is 10.8 Å². The van der Waals surface area contributed by atoms with Gasteiger partial charge in [0.05, 0.1) is 12.3 Å². The number of hydrogen-bond donors (Lipinski definition) is 0. The van der Waals surface area contributed by atoms with Crippen LogP contribution in [0.2, 0.25) is 0 Å². The average Bonchev–Trinajstić information content (AvgIpc) is 2.17. The van der Waals surface area contributed by atoms with Crippen molar-refractivity contribution in [1.82, 2.24) is 4.98 Å². The first kappa shape index (κ1) is 9.09. The Kier molecular flexibility index (Phi) is 2.41. The van der Waals surface area contributed by atoms with E-state index in [9.17, 15) is 4.39 Å². The zero-order valence-electron chi connectivity index (χ0n) is 7.83. The van der Waals surface area contributed by atoms with E-state index >= 15 is 0 Å². The Hall–Kier alpha value is -1.48. The normalized spacial score (nSPS) is 10.7. The highest BCUT2D eigenvalue weighted by Crippen LogP contribution is 2.15. The third kappa shape index (κ3) is 1.72. The monoisotopic (exact) mass is 191 g/mol.